The van der Waals surface area contributed by atoms with Crippen molar-refractivity contribution in [3.63, 3.8) is 0 Å². The Hall–Kier alpha value is -3.23. The second kappa shape index (κ2) is 14.5. The van der Waals surface area contributed by atoms with E-state index in [1.54, 1.807) is 18.2 Å². The van der Waals surface area contributed by atoms with Crippen LogP contribution in [0.4, 0.5) is 0 Å². The molecule has 1 aliphatic carbocycles. The summed E-state index contributed by atoms with van der Waals surface area (Å²) in [4.78, 5) is 55.5. The topological polar surface area (TPSA) is 121 Å². The molecule has 1 N–H and O–H groups in total. The van der Waals surface area contributed by atoms with Crippen LogP contribution in [0.1, 0.15) is 77.0 Å². The number of nitrogens with one attached hydrogen (secondary N) is 1. The van der Waals surface area contributed by atoms with E-state index in [0.29, 0.717) is 18.8 Å². The number of cyclic esters (lactones) is 3. The summed E-state index contributed by atoms with van der Waals surface area (Å²) >= 11 is 0. The standard InChI is InChI=1S/C28H38N2O7/c1-19-10-4-3-9-15-35-24(31)17-30-26(32)25(23-13-7-8-14-29-23)37-28(34)22-12-6-5-11-21(22)27(33)36-18-20(2)16-19/h7-8,13-14,16,19,21-22,25H,3-6,9-12,15,17-18H2,1-2H3,(H,30,32)/b20-16-. The third-order valence-electron chi connectivity index (χ3n) is 6.78. The molecule has 0 spiro atoms. The van der Waals surface area contributed by atoms with E-state index in [0.717, 1.165) is 44.1 Å². The van der Waals surface area contributed by atoms with Gasteiger partial charge in [0.1, 0.15) is 13.2 Å². The van der Waals surface area contributed by atoms with Gasteiger partial charge in [-0.25, -0.2) is 0 Å². The first-order valence-corrected chi connectivity index (χ1v) is 13.2. The highest BCUT2D eigenvalue weighted by Crippen LogP contribution is 2.33. The number of hydrogen-bond donors (Lipinski definition) is 1. The molecule has 202 valence electrons. The highest BCUT2D eigenvalue weighted by molar-refractivity contribution is 5.89. The van der Waals surface area contributed by atoms with Crippen molar-refractivity contribution in [3.8, 4) is 0 Å². The monoisotopic (exact) mass is 514 g/mol. The fourth-order valence-corrected chi connectivity index (χ4v) is 4.82. The number of fused-ring (bicyclic) bond motifs is 1. The van der Waals surface area contributed by atoms with Gasteiger partial charge in [-0.1, -0.05) is 44.7 Å². The molecule has 0 bridgehead atoms. The van der Waals surface area contributed by atoms with Gasteiger partial charge in [0.2, 0.25) is 6.10 Å². The Labute approximate surface area is 218 Å². The number of carbonyl (C=O) groups excluding carboxylic acids is 4. The van der Waals surface area contributed by atoms with E-state index in [1.807, 2.05) is 6.92 Å². The number of rotatable bonds is 1. The van der Waals surface area contributed by atoms with Crippen LogP contribution in [0, 0.1) is 17.8 Å². The summed E-state index contributed by atoms with van der Waals surface area (Å²) in [6.45, 7) is 4.15. The first-order valence-electron chi connectivity index (χ1n) is 13.2. The van der Waals surface area contributed by atoms with Crippen LogP contribution in [-0.4, -0.2) is 48.6 Å². The lowest BCUT2D eigenvalue weighted by Gasteiger charge is -2.29. The Morgan fingerprint density at radius 2 is 1.62 bits per heavy atom. The summed E-state index contributed by atoms with van der Waals surface area (Å²) in [7, 11) is 0. The summed E-state index contributed by atoms with van der Waals surface area (Å²) < 4.78 is 16.5. The maximum absolute atomic E-state index is 13.3. The van der Waals surface area contributed by atoms with E-state index >= 15 is 0 Å². The summed E-state index contributed by atoms with van der Waals surface area (Å²) in [5, 5.41) is 2.49. The second-order valence-electron chi connectivity index (χ2n) is 9.95. The molecule has 37 heavy (non-hydrogen) atoms. The number of esters is 3. The molecular formula is C28H38N2O7. The number of allylic oxidation sites excluding steroid dienone is 1. The minimum atomic E-state index is -1.36. The largest absolute Gasteiger partial charge is 0.464 e. The highest BCUT2D eigenvalue weighted by Gasteiger charge is 2.40. The number of amides is 1. The summed E-state index contributed by atoms with van der Waals surface area (Å²) in [6, 6.07) is 4.92. The third kappa shape index (κ3) is 8.98. The Kier molecular flexibility index (Phi) is 11.1. The van der Waals surface area contributed by atoms with Crippen LogP contribution in [0.15, 0.2) is 36.0 Å². The second-order valence-corrected chi connectivity index (χ2v) is 9.95. The molecule has 4 atom stereocenters. The first-order chi connectivity index (χ1) is 17.8. The number of ether oxygens (including phenoxy) is 3. The maximum Gasteiger partial charge on any atom is 0.325 e. The Morgan fingerprint density at radius 3 is 2.35 bits per heavy atom. The number of nitrogens with zero attached hydrogens (tertiary/aromatic N) is 1. The Bertz CT molecular complexity index is 963. The molecule has 0 aromatic carbocycles. The summed E-state index contributed by atoms with van der Waals surface area (Å²) in [6.07, 6.45) is 8.39. The smallest absolute Gasteiger partial charge is 0.325 e. The van der Waals surface area contributed by atoms with Crippen molar-refractivity contribution in [3.05, 3.63) is 41.7 Å². The van der Waals surface area contributed by atoms with Gasteiger partial charge in [-0.3, -0.25) is 24.2 Å². The van der Waals surface area contributed by atoms with E-state index in [2.05, 4.69) is 23.3 Å². The Balaban J connectivity index is 1.80. The number of pyridine rings is 1. The lowest BCUT2D eigenvalue weighted by molar-refractivity contribution is -0.169. The maximum atomic E-state index is 13.3. The molecule has 1 saturated carbocycles. The fraction of sp³-hybridized carbons (Fsp3) is 0.607. The predicted molar refractivity (Wildman–Crippen MR) is 135 cm³/mol. The van der Waals surface area contributed by atoms with Crippen molar-refractivity contribution < 1.29 is 33.4 Å². The van der Waals surface area contributed by atoms with Crippen LogP contribution in [0.2, 0.25) is 0 Å². The minimum Gasteiger partial charge on any atom is -0.464 e. The number of hydrogen-bond acceptors (Lipinski definition) is 8. The minimum absolute atomic E-state index is 0.177. The van der Waals surface area contributed by atoms with Crippen molar-refractivity contribution in [2.45, 2.75) is 71.3 Å². The van der Waals surface area contributed by atoms with Gasteiger partial charge in [-0.2, -0.15) is 0 Å². The molecule has 3 rings (SSSR count). The molecule has 1 fully saturated rings. The van der Waals surface area contributed by atoms with Crippen LogP contribution in [0.25, 0.3) is 0 Å². The highest BCUT2D eigenvalue weighted by atomic mass is 16.6. The molecule has 1 aromatic rings. The fourth-order valence-electron chi connectivity index (χ4n) is 4.82. The van der Waals surface area contributed by atoms with Crippen LogP contribution in [-0.2, 0) is 33.4 Å². The molecule has 4 unspecified atom stereocenters. The average molecular weight is 515 g/mol. The van der Waals surface area contributed by atoms with Crippen molar-refractivity contribution in [2.75, 3.05) is 19.8 Å². The lowest BCUT2D eigenvalue weighted by atomic mass is 9.79. The zero-order valence-corrected chi connectivity index (χ0v) is 21.8. The van der Waals surface area contributed by atoms with Crippen molar-refractivity contribution in [1.29, 1.82) is 0 Å². The number of carbonyl (C=O) groups is 4. The van der Waals surface area contributed by atoms with Gasteiger partial charge in [-0.15, -0.1) is 0 Å². The molecule has 1 aliphatic heterocycles. The molecule has 9 heteroatoms. The van der Waals surface area contributed by atoms with Gasteiger partial charge in [0.15, 0.2) is 0 Å². The van der Waals surface area contributed by atoms with E-state index < -0.39 is 41.8 Å². The first kappa shape index (κ1) is 28.3. The molecule has 9 nitrogen and oxygen atoms in total. The van der Waals surface area contributed by atoms with Gasteiger partial charge in [0.25, 0.3) is 5.91 Å². The number of aromatic nitrogens is 1. The van der Waals surface area contributed by atoms with E-state index in [9.17, 15) is 19.2 Å². The van der Waals surface area contributed by atoms with Crippen molar-refractivity contribution in [2.24, 2.45) is 17.8 Å². The summed E-state index contributed by atoms with van der Waals surface area (Å²) in [5.41, 5.74) is 1.19. The average Bonchev–Trinajstić information content (AvgIpc) is 2.90. The molecular weight excluding hydrogens is 476 g/mol. The van der Waals surface area contributed by atoms with Crippen molar-refractivity contribution >= 4 is 23.8 Å². The van der Waals surface area contributed by atoms with Gasteiger partial charge >= 0.3 is 17.9 Å². The molecule has 0 radical (unpaired) electrons. The third-order valence-corrected chi connectivity index (χ3v) is 6.78. The van der Waals surface area contributed by atoms with Crippen molar-refractivity contribution in [1.82, 2.24) is 10.3 Å². The zero-order valence-electron chi connectivity index (χ0n) is 21.8. The van der Waals surface area contributed by atoms with Gasteiger partial charge in [-0.05, 0) is 56.2 Å². The van der Waals surface area contributed by atoms with E-state index in [4.69, 9.17) is 14.2 Å². The molecule has 2 heterocycles. The summed E-state index contributed by atoms with van der Waals surface area (Å²) in [5.74, 6) is -3.35. The van der Waals surface area contributed by atoms with Gasteiger partial charge in [0.05, 0.1) is 24.1 Å². The lowest BCUT2D eigenvalue weighted by Crippen LogP contribution is -2.40. The van der Waals surface area contributed by atoms with Crippen LogP contribution in [0.5, 0.6) is 0 Å². The van der Waals surface area contributed by atoms with Crippen LogP contribution < -0.4 is 5.32 Å². The Morgan fingerprint density at radius 1 is 0.892 bits per heavy atom. The zero-order chi connectivity index (χ0) is 26.6. The molecule has 0 saturated heterocycles. The SMILES string of the molecule is C/C1=C/C(C)CCCCCOC(=O)CNC(=O)C(c2ccccn2)OC(=O)C2CCCCC2C(=O)OC1. The van der Waals surface area contributed by atoms with Gasteiger partial charge < -0.3 is 19.5 Å². The molecule has 1 aromatic heterocycles. The van der Waals surface area contributed by atoms with E-state index in [-0.39, 0.29) is 25.5 Å². The van der Waals surface area contributed by atoms with Gasteiger partial charge in [0, 0.05) is 6.20 Å². The van der Waals surface area contributed by atoms with Crippen LogP contribution in [0.3, 0.4) is 0 Å². The predicted octanol–water partition coefficient (Wildman–Crippen LogP) is 3.83. The normalized spacial score (nSPS) is 29.2. The molecule has 2 aliphatic rings. The van der Waals surface area contributed by atoms with Crippen LogP contribution >= 0.6 is 0 Å². The quantitative estimate of drug-likeness (QED) is 0.341. The van der Waals surface area contributed by atoms with E-state index in [1.165, 1.54) is 6.20 Å². The molecule has 1 amide bonds.